The number of aryl methyl sites for hydroxylation is 1. The summed E-state index contributed by atoms with van der Waals surface area (Å²) in [4.78, 5) is 17.7. The Balaban J connectivity index is 2.19. The van der Waals surface area contributed by atoms with E-state index in [9.17, 15) is 18.5 Å². The molecule has 21 heavy (non-hydrogen) atoms. The van der Waals surface area contributed by atoms with Gasteiger partial charge in [0.15, 0.2) is 0 Å². The second-order valence-corrected chi connectivity index (χ2v) is 6.00. The Bertz CT molecular complexity index is 776. The van der Waals surface area contributed by atoms with Crippen LogP contribution >= 0.6 is 0 Å². The van der Waals surface area contributed by atoms with Crippen LogP contribution in [0.2, 0.25) is 0 Å². The van der Waals surface area contributed by atoms with Crippen LogP contribution in [0.25, 0.3) is 0 Å². The first-order chi connectivity index (χ1) is 9.88. The summed E-state index contributed by atoms with van der Waals surface area (Å²) in [7, 11) is -3.84. The first kappa shape index (κ1) is 15.0. The number of hydrogen-bond donors (Lipinski definition) is 1. The molecule has 8 nitrogen and oxygen atoms in total. The SMILES string of the molecule is Cc1cc(CNS(=O)(=O)c2cccc([N+](=O)[O-])c2)ncn1. The van der Waals surface area contributed by atoms with Gasteiger partial charge in [-0.3, -0.25) is 10.1 Å². The summed E-state index contributed by atoms with van der Waals surface area (Å²) < 4.78 is 26.5. The van der Waals surface area contributed by atoms with Gasteiger partial charge in [0.05, 0.1) is 22.1 Å². The van der Waals surface area contributed by atoms with Gasteiger partial charge in [-0.05, 0) is 19.1 Å². The van der Waals surface area contributed by atoms with E-state index >= 15 is 0 Å². The van der Waals surface area contributed by atoms with Crippen LogP contribution < -0.4 is 4.72 Å². The van der Waals surface area contributed by atoms with Gasteiger partial charge in [-0.2, -0.15) is 0 Å². The van der Waals surface area contributed by atoms with Gasteiger partial charge in [-0.25, -0.2) is 23.1 Å². The molecular weight excluding hydrogens is 296 g/mol. The standard InChI is InChI=1S/C12H12N4O4S/c1-9-5-10(14-8-13-9)7-15-21(19,20)12-4-2-3-11(6-12)16(17)18/h2-6,8,15H,7H2,1H3. The molecule has 0 unspecified atom stereocenters. The lowest BCUT2D eigenvalue weighted by atomic mass is 10.3. The van der Waals surface area contributed by atoms with E-state index < -0.39 is 14.9 Å². The maximum absolute atomic E-state index is 12.1. The van der Waals surface area contributed by atoms with Gasteiger partial charge in [0, 0.05) is 17.8 Å². The van der Waals surface area contributed by atoms with E-state index in [1.54, 1.807) is 13.0 Å². The molecule has 9 heteroatoms. The Morgan fingerprint density at radius 2 is 2.05 bits per heavy atom. The minimum Gasteiger partial charge on any atom is -0.258 e. The number of aromatic nitrogens is 2. The topological polar surface area (TPSA) is 115 Å². The largest absolute Gasteiger partial charge is 0.270 e. The van der Waals surface area contributed by atoms with E-state index in [2.05, 4.69) is 14.7 Å². The van der Waals surface area contributed by atoms with Crippen molar-refractivity contribution in [3.63, 3.8) is 0 Å². The summed E-state index contributed by atoms with van der Waals surface area (Å²) in [6.45, 7) is 1.74. The fraction of sp³-hybridized carbons (Fsp3) is 0.167. The monoisotopic (exact) mass is 308 g/mol. The van der Waals surface area contributed by atoms with Gasteiger partial charge in [0.25, 0.3) is 5.69 Å². The lowest BCUT2D eigenvalue weighted by Gasteiger charge is -2.06. The van der Waals surface area contributed by atoms with E-state index in [4.69, 9.17) is 0 Å². The fourth-order valence-corrected chi connectivity index (χ4v) is 2.66. The first-order valence-corrected chi connectivity index (χ1v) is 7.38. The molecule has 2 rings (SSSR count). The minimum atomic E-state index is -3.84. The Morgan fingerprint density at radius 1 is 1.29 bits per heavy atom. The molecule has 110 valence electrons. The molecule has 2 aromatic rings. The number of sulfonamides is 1. The molecule has 0 fully saturated rings. The third-order valence-corrected chi connectivity index (χ3v) is 4.04. The van der Waals surface area contributed by atoms with Crippen LogP contribution in [0.5, 0.6) is 0 Å². The van der Waals surface area contributed by atoms with Gasteiger partial charge in [-0.1, -0.05) is 6.07 Å². The predicted octanol–water partition coefficient (Wildman–Crippen LogP) is 1.17. The second kappa shape index (κ2) is 5.94. The summed E-state index contributed by atoms with van der Waals surface area (Å²) in [5.74, 6) is 0. The van der Waals surface area contributed by atoms with Crippen molar-refractivity contribution in [1.29, 1.82) is 0 Å². The lowest BCUT2D eigenvalue weighted by molar-refractivity contribution is -0.385. The van der Waals surface area contributed by atoms with Crippen molar-refractivity contribution < 1.29 is 13.3 Å². The molecule has 0 aliphatic heterocycles. The van der Waals surface area contributed by atoms with Crippen molar-refractivity contribution in [2.45, 2.75) is 18.4 Å². The van der Waals surface area contributed by atoms with Crippen molar-refractivity contribution in [2.75, 3.05) is 0 Å². The van der Waals surface area contributed by atoms with E-state index in [1.807, 2.05) is 0 Å². The van der Waals surface area contributed by atoms with Crippen LogP contribution in [0.1, 0.15) is 11.4 Å². The molecule has 1 aromatic heterocycles. The summed E-state index contributed by atoms with van der Waals surface area (Å²) in [5.41, 5.74) is 0.946. The van der Waals surface area contributed by atoms with E-state index in [1.165, 1.54) is 24.5 Å². The van der Waals surface area contributed by atoms with Gasteiger partial charge < -0.3 is 0 Å². The molecule has 0 spiro atoms. The minimum absolute atomic E-state index is 0.0195. The first-order valence-electron chi connectivity index (χ1n) is 5.90. The van der Waals surface area contributed by atoms with Crippen LogP contribution in [0.15, 0.2) is 41.6 Å². The van der Waals surface area contributed by atoms with Crippen LogP contribution in [0.4, 0.5) is 5.69 Å². The average molecular weight is 308 g/mol. The normalized spacial score (nSPS) is 11.3. The Labute approximate surface area is 121 Å². The molecule has 0 aliphatic rings. The lowest BCUT2D eigenvalue weighted by Crippen LogP contribution is -2.23. The molecule has 0 aliphatic carbocycles. The number of benzene rings is 1. The quantitative estimate of drug-likeness (QED) is 0.655. The molecular formula is C12H12N4O4S. The highest BCUT2D eigenvalue weighted by atomic mass is 32.2. The van der Waals surface area contributed by atoms with E-state index in [0.717, 1.165) is 11.8 Å². The molecule has 1 heterocycles. The van der Waals surface area contributed by atoms with E-state index in [-0.39, 0.29) is 17.1 Å². The number of non-ortho nitro benzene ring substituents is 1. The number of nitrogens with zero attached hydrogens (tertiary/aromatic N) is 3. The molecule has 0 atom stereocenters. The second-order valence-electron chi connectivity index (χ2n) is 4.23. The van der Waals surface area contributed by atoms with Crippen molar-refractivity contribution in [2.24, 2.45) is 0 Å². The van der Waals surface area contributed by atoms with Crippen LogP contribution in [-0.2, 0) is 16.6 Å². The fourth-order valence-electron chi connectivity index (χ4n) is 1.62. The Kier molecular flexibility index (Phi) is 4.24. The summed E-state index contributed by atoms with van der Waals surface area (Å²) in [5, 5.41) is 10.7. The molecule has 1 aromatic carbocycles. The van der Waals surface area contributed by atoms with Gasteiger partial charge >= 0.3 is 0 Å². The number of nitrogens with one attached hydrogen (secondary N) is 1. The number of hydrogen-bond acceptors (Lipinski definition) is 6. The predicted molar refractivity (Wildman–Crippen MR) is 73.9 cm³/mol. The van der Waals surface area contributed by atoms with Crippen LogP contribution in [0.3, 0.4) is 0 Å². The molecule has 0 amide bonds. The molecule has 1 N–H and O–H groups in total. The van der Waals surface area contributed by atoms with Crippen molar-refractivity contribution >= 4 is 15.7 Å². The summed E-state index contributed by atoms with van der Waals surface area (Å²) in [6, 6.07) is 6.50. The highest BCUT2D eigenvalue weighted by Gasteiger charge is 2.17. The van der Waals surface area contributed by atoms with Gasteiger partial charge in [0.2, 0.25) is 10.0 Å². The van der Waals surface area contributed by atoms with Crippen LogP contribution in [-0.4, -0.2) is 23.3 Å². The van der Waals surface area contributed by atoms with E-state index in [0.29, 0.717) is 5.69 Å². The maximum atomic E-state index is 12.1. The molecule has 0 bridgehead atoms. The zero-order valence-corrected chi connectivity index (χ0v) is 11.9. The van der Waals surface area contributed by atoms with Crippen LogP contribution in [0, 0.1) is 17.0 Å². The Morgan fingerprint density at radius 3 is 2.71 bits per heavy atom. The third-order valence-electron chi connectivity index (χ3n) is 2.64. The average Bonchev–Trinajstić information content (AvgIpc) is 2.45. The number of nitro groups is 1. The van der Waals surface area contributed by atoms with Crippen molar-refractivity contribution in [3.05, 3.63) is 58.2 Å². The maximum Gasteiger partial charge on any atom is 0.270 e. The highest BCUT2D eigenvalue weighted by molar-refractivity contribution is 7.89. The summed E-state index contributed by atoms with van der Waals surface area (Å²) >= 11 is 0. The highest BCUT2D eigenvalue weighted by Crippen LogP contribution is 2.17. The third kappa shape index (κ3) is 3.80. The molecule has 0 saturated carbocycles. The van der Waals surface area contributed by atoms with Gasteiger partial charge in [0.1, 0.15) is 6.33 Å². The zero-order valence-electron chi connectivity index (χ0n) is 11.1. The molecule has 0 radical (unpaired) electrons. The van der Waals surface area contributed by atoms with Crippen molar-refractivity contribution in [3.8, 4) is 0 Å². The zero-order chi connectivity index (χ0) is 15.5. The Hall–Kier alpha value is -2.39. The van der Waals surface area contributed by atoms with Gasteiger partial charge in [-0.15, -0.1) is 0 Å². The number of rotatable bonds is 5. The smallest absolute Gasteiger partial charge is 0.258 e. The van der Waals surface area contributed by atoms with Crippen molar-refractivity contribution in [1.82, 2.24) is 14.7 Å². The molecule has 0 saturated heterocycles. The number of nitro benzene ring substituents is 1. The summed E-state index contributed by atoms with van der Waals surface area (Å²) in [6.07, 6.45) is 1.34.